The van der Waals surface area contributed by atoms with E-state index in [0.29, 0.717) is 16.6 Å². The Labute approximate surface area is 128 Å². The molecule has 0 radical (unpaired) electrons. The van der Waals surface area contributed by atoms with Gasteiger partial charge in [-0.25, -0.2) is 0 Å². The maximum atomic E-state index is 12.4. The number of hydrogen-bond acceptors (Lipinski definition) is 2. The molecule has 1 aliphatic rings. The SMILES string of the molecule is C[C@H]1CCCN(C(=O)Cc2ccc(Cl)c(Cl)c2)[C@H]1C=O. The molecule has 3 nitrogen and oxygen atoms in total. The van der Waals surface area contributed by atoms with Crippen molar-refractivity contribution in [3.05, 3.63) is 33.8 Å². The van der Waals surface area contributed by atoms with Crippen LogP contribution in [0.15, 0.2) is 18.2 Å². The van der Waals surface area contributed by atoms with Crippen LogP contribution >= 0.6 is 23.2 Å². The number of piperidine rings is 1. The summed E-state index contributed by atoms with van der Waals surface area (Å²) in [5, 5.41) is 0.913. The molecule has 5 heteroatoms. The average Bonchev–Trinajstić information content (AvgIpc) is 2.42. The predicted molar refractivity (Wildman–Crippen MR) is 80.1 cm³/mol. The van der Waals surface area contributed by atoms with E-state index < -0.39 is 0 Å². The van der Waals surface area contributed by atoms with E-state index in [-0.39, 0.29) is 24.3 Å². The summed E-state index contributed by atoms with van der Waals surface area (Å²) in [6, 6.07) is 4.86. The minimum Gasteiger partial charge on any atom is -0.332 e. The van der Waals surface area contributed by atoms with Gasteiger partial charge in [-0.3, -0.25) is 4.79 Å². The molecule has 1 aliphatic heterocycles. The first-order valence-corrected chi connectivity index (χ1v) is 7.47. The molecule has 1 amide bonds. The van der Waals surface area contributed by atoms with E-state index in [1.165, 1.54) is 0 Å². The van der Waals surface area contributed by atoms with Crippen molar-refractivity contribution in [2.24, 2.45) is 5.92 Å². The van der Waals surface area contributed by atoms with Crippen LogP contribution in [-0.4, -0.2) is 29.7 Å². The molecule has 1 heterocycles. The molecule has 0 N–H and O–H groups in total. The second kappa shape index (κ2) is 6.59. The second-order valence-electron chi connectivity index (χ2n) is 5.26. The quantitative estimate of drug-likeness (QED) is 0.802. The maximum Gasteiger partial charge on any atom is 0.227 e. The van der Waals surface area contributed by atoms with Crippen molar-refractivity contribution in [1.82, 2.24) is 4.90 Å². The van der Waals surface area contributed by atoms with Crippen molar-refractivity contribution in [3.8, 4) is 0 Å². The monoisotopic (exact) mass is 313 g/mol. The van der Waals surface area contributed by atoms with Crippen LogP contribution in [0.2, 0.25) is 10.0 Å². The predicted octanol–water partition coefficient (Wildman–Crippen LogP) is 3.36. The molecule has 1 aromatic carbocycles. The third kappa shape index (κ3) is 3.33. The molecular formula is C15H17Cl2NO2. The van der Waals surface area contributed by atoms with Gasteiger partial charge in [0.1, 0.15) is 6.29 Å². The molecule has 1 aromatic rings. The van der Waals surface area contributed by atoms with Crippen LogP contribution in [0.4, 0.5) is 0 Å². The summed E-state index contributed by atoms with van der Waals surface area (Å²) in [6.45, 7) is 2.66. The van der Waals surface area contributed by atoms with Crippen LogP contribution in [0.1, 0.15) is 25.3 Å². The van der Waals surface area contributed by atoms with Gasteiger partial charge >= 0.3 is 0 Å². The number of hydrogen-bond donors (Lipinski definition) is 0. The largest absolute Gasteiger partial charge is 0.332 e. The fourth-order valence-corrected chi connectivity index (χ4v) is 2.96. The summed E-state index contributed by atoms with van der Waals surface area (Å²) in [5.41, 5.74) is 0.812. The Morgan fingerprint density at radius 2 is 2.15 bits per heavy atom. The smallest absolute Gasteiger partial charge is 0.227 e. The van der Waals surface area contributed by atoms with Gasteiger partial charge in [0.25, 0.3) is 0 Å². The van der Waals surface area contributed by atoms with E-state index in [1.807, 2.05) is 6.92 Å². The Hall–Kier alpha value is -1.06. The number of aldehydes is 1. The van der Waals surface area contributed by atoms with E-state index in [9.17, 15) is 9.59 Å². The highest BCUT2D eigenvalue weighted by molar-refractivity contribution is 6.42. The standard InChI is InChI=1S/C15H17Cl2NO2/c1-10-3-2-6-18(14(10)9-19)15(20)8-11-4-5-12(16)13(17)7-11/h4-5,7,9-10,14H,2-3,6,8H2,1H3/t10-,14-/m0/s1. The third-order valence-corrected chi connectivity index (χ3v) is 4.54. The number of nitrogens with zero attached hydrogens (tertiary/aromatic N) is 1. The number of rotatable bonds is 3. The van der Waals surface area contributed by atoms with Crippen LogP contribution in [-0.2, 0) is 16.0 Å². The van der Waals surface area contributed by atoms with Crippen molar-refractivity contribution in [3.63, 3.8) is 0 Å². The number of amides is 1. The summed E-state index contributed by atoms with van der Waals surface area (Å²) in [5.74, 6) is 0.186. The Morgan fingerprint density at radius 3 is 2.80 bits per heavy atom. The lowest BCUT2D eigenvalue weighted by molar-refractivity contribution is -0.139. The van der Waals surface area contributed by atoms with Gasteiger partial charge in [-0.1, -0.05) is 36.2 Å². The van der Waals surface area contributed by atoms with E-state index >= 15 is 0 Å². The van der Waals surface area contributed by atoms with Crippen LogP contribution < -0.4 is 0 Å². The molecule has 0 bridgehead atoms. The lowest BCUT2D eigenvalue weighted by Crippen LogP contribution is -2.49. The highest BCUT2D eigenvalue weighted by Gasteiger charge is 2.31. The van der Waals surface area contributed by atoms with Gasteiger partial charge in [-0.15, -0.1) is 0 Å². The normalized spacial score (nSPS) is 22.6. The summed E-state index contributed by atoms with van der Waals surface area (Å²) in [7, 11) is 0. The van der Waals surface area contributed by atoms with Gasteiger partial charge in [0, 0.05) is 6.54 Å². The molecular weight excluding hydrogens is 297 g/mol. The number of benzene rings is 1. The Kier molecular flexibility index (Phi) is 5.06. The first-order valence-electron chi connectivity index (χ1n) is 6.71. The Morgan fingerprint density at radius 1 is 1.40 bits per heavy atom. The molecule has 0 unspecified atom stereocenters. The van der Waals surface area contributed by atoms with Crippen molar-refractivity contribution in [1.29, 1.82) is 0 Å². The molecule has 1 fully saturated rings. The van der Waals surface area contributed by atoms with Crippen LogP contribution in [0.5, 0.6) is 0 Å². The highest BCUT2D eigenvalue weighted by atomic mass is 35.5. The first kappa shape index (κ1) is 15.3. The summed E-state index contributed by atoms with van der Waals surface area (Å²) in [4.78, 5) is 25.3. The maximum absolute atomic E-state index is 12.4. The van der Waals surface area contributed by atoms with Gasteiger partial charge in [0.2, 0.25) is 5.91 Å². The van der Waals surface area contributed by atoms with Crippen LogP contribution in [0, 0.1) is 5.92 Å². The van der Waals surface area contributed by atoms with Crippen molar-refractivity contribution in [2.75, 3.05) is 6.54 Å². The molecule has 0 aliphatic carbocycles. The fraction of sp³-hybridized carbons (Fsp3) is 0.467. The van der Waals surface area contributed by atoms with E-state index in [4.69, 9.17) is 23.2 Å². The topological polar surface area (TPSA) is 37.4 Å². The summed E-state index contributed by atoms with van der Waals surface area (Å²) in [6.07, 6.45) is 3.06. The number of halogens is 2. The average molecular weight is 314 g/mol. The third-order valence-electron chi connectivity index (χ3n) is 3.80. The van der Waals surface area contributed by atoms with E-state index in [2.05, 4.69) is 0 Å². The minimum absolute atomic E-state index is 0.0351. The van der Waals surface area contributed by atoms with Crippen molar-refractivity contribution < 1.29 is 9.59 Å². The zero-order valence-corrected chi connectivity index (χ0v) is 12.8. The molecule has 20 heavy (non-hydrogen) atoms. The van der Waals surface area contributed by atoms with Gasteiger partial charge in [-0.05, 0) is 36.5 Å². The summed E-state index contributed by atoms with van der Waals surface area (Å²) < 4.78 is 0. The zero-order valence-electron chi connectivity index (χ0n) is 11.3. The highest BCUT2D eigenvalue weighted by Crippen LogP contribution is 2.25. The van der Waals surface area contributed by atoms with E-state index in [0.717, 1.165) is 24.7 Å². The molecule has 0 saturated carbocycles. The number of likely N-dealkylation sites (tertiary alicyclic amines) is 1. The van der Waals surface area contributed by atoms with E-state index in [1.54, 1.807) is 23.1 Å². The van der Waals surface area contributed by atoms with Gasteiger partial charge < -0.3 is 9.69 Å². The number of carbonyl (C=O) groups excluding carboxylic acids is 2. The minimum atomic E-state index is -0.306. The molecule has 108 valence electrons. The molecule has 2 atom stereocenters. The lowest BCUT2D eigenvalue weighted by Gasteiger charge is -2.36. The molecule has 0 aromatic heterocycles. The zero-order chi connectivity index (χ0) is 14.7. The van der Waals surface area contributed by atoms with Crippen molar-refractivity contribution >= 4 is 35.4 Å². The molecule has 0 spiro atoms. The molecule has 2 rings (SSSR count). The Balaban J connectivity index is 2.10. The fourth-order valence-electron chi connectivity index (χ4n) is 2.63. The second-order valence-corrected chi connectivity index (χ2v) is 6.07. The molecule has 1 saturated heterocycles. The number of carbonyl (C=O) groups is 2. The van der Waals surface area contributed by atoms with Gasteiger partial charge in [0.15, 0.2) is 0 Å². The summed E-state index contributed by atoms with van der Waals surface area (Å²) >= 11 is 11.8. The Bertz CT molecular complexity index is 519. The van der Waals surface area contributed by atoms with Gasteiger partial charge in [-0.2, -0.15) is 0 Å². The first-order chi connectivity index (χ1) is 9.52. The van der Waals surface area contributed by atoms with Gasteiger partial charge in [0.05, 0.1) is 22.5 Å². The lowest BCUT2D eigenvalue weighted by atomic mass is 9.91. The van der Waals surface area contributed by atoms with Crippen LogP contribution in [0.3, 0.4) is 0 Å². The van der Waals surface area contributed by atoms with Crippen LogP contribution in [0.25, 0.3) is 0 Å². The van der Waals surface area contributed by atoms with Crippen molar-refractivity contribution in [2.45, 2.75) is 32.2 Å².